The van der Waals surface area contributed by atoms with Crippen molar-refractivity contribution < 1.29 is 14.3 Å². The molecule has 6 heteroatoms. The summed E-state index contributed by atoms with van der Waals surface area (Å²) < 4.78 is 5.48. The zero-order valence-electron chi connectivity index (χ0n) is 16.8. The maximum atomic E-state index is 13.0. The summed E-state index contributed by atoms with van der Waals surface area (Å²) in [6.07, 6.45) is 1.85. The van der Waals surface area contributed by atoms with Crippen LogP contribution in [0, 0.1) is 0 Å². The summed E-state index contributed by atoms with van der Waals surface area (Å²) >= 11 is 1.56. The van der Waals surface area contributed by atoms with E-state index in [1.165, 1.54) is 0 Å². The molecule has 0 N–H and O–H groups in total. The molecule has 1 amide bonds. The average Bonchev–Trinajstić information content (AvgIpc) is 3.36. The fraction of sp³-hybridized carbons (Fsp3) is 0.160. The first kappa shape index (κ1) is 19.5. The number of ether oxygens (including phenoxy) is 1. The van der Waals surface area contributed by atoms with E-state index in [0.717, 1.165) is 40.2 Å². The Kier molecular flexibility index (Phi) is 5.22. The van der Waals surface area contributed by atoms with Crippen LogP contribution in [0.2, 0.25) is 0 Å². The number of anilines is 1. The molecule has 2 aromatic carbocycles. The van der Waals surface area contributed by atoms with Gasteiger partial charge in [0.2, 0.25) is 0 Å². The highest BCUT2D eigenvalue weighted by atomic mass is 32.1. The molecule has 0 fully saturated rings. The summed E-state index contributed by atoms with van der Waals surface area (Å²) in [4.78, 5) is 33.2. The number of rotatable bonds is 4. The van der Waals surface area contributed by atoms with Crippen molar-refractivity contribution in [3.05, 3.63) is 83.2 Å². The smallest absolute Gasteiger partial charge is 0.339 e. The van der Waals surface area contributed by atoms with Crippen LogP contribution in [0.4, 0.5) is 5.69 Å². The first-order valence-electron chi connectivity index (χ1n) is 10.2. The van der Waals surface area contributed by atoms with Gasteiger partial charge in [0.25, 0.3) is 5.91 Å². The molecule has 154 valence electrons. The predicted octanol–water partition coefficient (Wildman–Crippen LogP) is 5.10. The average molecular weight is 429 g/mol. The minimum absolute atomic E-state index is 0.211. The predicted molar refractivity (Wildman–Crippen MR) is 122 cm³/mol. The number of hydrogen-bond donors (Lipinski definition) is 0. The Morgan fingerprint density at radius 2 is 1.87 bits per heavy atom. The monoisotopic (exact) mass is 428 g/mol. The van der Waals surface area contributed by atoms with Crippen molar-refractivity contribution in [3.63, 3.8) is 0 Å². The Labute approximate surface area is 183 Å². The number of para-hydroxylation sites is 2. The number of aromatic nitrogens is 1. The van der Waals surface area contributed by atoms with Crippen LogP contribution >= 0.6 is 11.3 Å². The van der Waals surface area contributed by atoms with E-state index in [1.807, 2.05) is 66.0 Å². The fourth-order valence-corrected chi connectivity index (χ4v) is 4.66. The van der Waals surface area contributed by atoms with E-state index in [9.17, 15) is 9.59 Å². The highest BCUT2D eigenvalue weighted by Crippen LogP contribution is 2.29. The minimum atomic E-state index is -0.518. The maximum absolute atomic E-state index is 13.0. The Morgan fingerprint density at radius 3 is 2.74 bits per heavy atom. The van der Waals surface area contributed by atoms with Crippen LogP contribution in [0.25, 0.3) is 21.5 Å². The summed E-state index contributed by atoms with van der Waals surface area (Å²) in [5.74, 6) is -0.729. The number of fused-ring (bicyclic) bond motifs is 2. The largest absolute Gasteiger partial charge is 0.452 e. The normalized spacial score (nSPS) is 13.1. The first-order valence-corrected chi connectivity index (χ1v) is 11.1. The van der Waals surface area contributed by atoms with Crippen molar-refractivity contribution in [3.8, 4) is 10.6 Å². The number of thiophene rings is 1. The minimum Gasteiger partial charge on any atom is -0.452 e. The molecular formula is C25H20N2O3S. The topological polar surface area (TPSA) is 59.5 Å². The number of pyridine rings is 1. The summed E-state index contributed by atoms with van der Waals surface area (Å²) in [5, 5.41) is 2.68. The van der Waals surface area contributed by atoms with Crippen molar-refractivity contribution >= 4 is 39.8 Å². The van der Waals surface area contributed by atoms with Crippen molar-refractivity contribution in [2.24, 2.45) is 0 Å². The second kappa shape index (κ2) is 8.32. The highest BCUT2D eigenvalue weighted by molar-refractivity contribution is 7.13. The third kappa shape index (κ3) is 3.82. The number of benzene rings is 2. The molecule has 5 nitrogen and oxygen atoms in total. The molecule has 0 radical (unpaired) electrons. The standard InChI is InChI=1S/C25H20N2O3S/c28-24(27-13-5-8-17-7-1-4-11-22(17)27)16-30-25(29)19-15-21(23-12-6-14-31-23)26-20-10-3-2-9-18(19)20/h1-4,6-7,9-12,14-15H,5,8,13,16H2. The lowest BCUT2D eigenvalue weighted by molar-refractivity contribution is -0.121. The van der Waals surface area contributed by atoms with Gasteiger partial charge in [0, 0.05) is 17.6 Å². The maximum Gasteiger partial charge on any atom is 0.339 e. The third-order valence-corrected chi connectivity index (χ3v) is 6.34. The van der Waals surface area contributed by atoms with Gasteiger partial charge in [-0.15, -0.1) is 11.3 Å². The van der Waals surface area contributed by atoms with Gasteiger partial charge < -0.3 is 9.64 Å². The van der Waals surface area contributed by atoms with Crippen molar-refractivity contribution in [1.82, 2.24) is 4.98 Å². The molecule has 0 saturated heterocycles. The van der Waals surface area contributed by atoms with E-state index in [0.29, 0.717) is 17.5 Å². The van der Waals surface area contributed by atoms with E-state index < -0.39 is 5.97 Å². The number of carbonyl (C=O) groups excluding carboxylic acids is 2. The van der Waals surface area contributed by atoms with Crippen molar-refractivity contribution in [2.75, 3.05) is 18.1 Å². The van der Waals surface area contributed by atoms with Gasteiger partial charge in [-0.1, -0.05) is 42.5 Å². The molecule has 1 aliphatic heterocycles. The number of aryl methyl sites for hydroxylation is 1. The van der Waals surface area contributed by atoms with Crippen LogP contribution in [0.15, 0.2) is 72.1 Å². The molecule has 0 saturated carbocycles. The Balaban J connectivity index is 1.39. The van der Waals surface area contributed by atoms with E-state index in [4.69, 9.17) is 4.74 Å². The number of nitrogens with zero attached hydrogens (tertiary/aromatic N) is 2. The fourth-order valence-electron chi connectivity index (χ4n) is 3.97. The Bertz CT molecular complexity index is 1270. The van der Waals surface area contributed by atoms with Gasteiger partial charge in [0.15, 0.2) is 6.61 Å². The number of esters is 1. The second-order valence-corrected chi connectivity index (χ2v) is 8.35. The molecule has 1 aliphatic rings. The van der Waals surface area contributed by atoms with E-state index in [-0.39, 0.29) is 12.5 Å². The van der Waals surface area contributed by atoms with Crippen LogP contribution in [0.3, 0.4) is 0 Å². The molecule has 0 unspecified atom stereocenters. The highest BCUT2D eigenvalue weighted by Gasteiger charge is 2.24. The Morgan fingerprint density at radius 1 is 1.03 bits per heavy atom. The lowest BCUT2D eigenvalue weighted by Gasteiger charge is -2.29. The second-order valence-electron chi connectivity index (χ2n) is 7.40. The van der Waals surface area contributed by atoms with Crippen LogP contribution in [-0.2, 0) is 16.0 Å². The molecule has 4 aromatic rings. The van der Waals surface area contributed by atoms with Gasteiger partial charge in [0.1, 0.15) is 0 Å². The van der Waals surface area contributed by atoms with Crippen molar-refractivity contribution in [2.45, 2.75) is 12.8 Å². The van der Waals surface area contributed by atoms with Gasteiger partial charge in [0.05, 0.1) is 21.7 Å². The van der Waals surface area contributed by atoms with Gasteiger partial charge in [-0.3, -0.25) is 4.79 Å². The lowest BCUT2D eigenvalue weighted by Crippen LogP contribution is -2.38. The Hall–Kier alpha value is -3.51. The number of amides is 1. The first-order chi connectivity index (χ1) is 15.2. The summed E-state index contributed by atoms with van der Waals surface area (Å²) in [6, 6.07) is 21.0. The SMILES string of the molecule is O=C(OCC(=O)N1CCCc2ccccc21)c1cc(-c2cccs2)nc2ccccc12. The van der Waals surface area contributed by atoms with Crippen LogP contribution < -0.4 is 4.90 Å². The molecule has 31 heavy (non-hydrogen) atoms. The summed E-state index contributed by atoms with van der Waals surface area (Å²) in [6.45, 7) is 0.340. The molecular weight excluding hydrogens is 408 g/mol. The molecule has 0 aliphatic carbocycles. The van der Waals surface area contributed by atoms with Gasteiger partial charge in [-0.25, -0.2) is 9.78 Å². The van der Waals surface area contributed by atoms with Crippen LogP contribution in [0.5, 0.6) is 0 Å². The zero-order valence-corrected chi connectivity index (χ0v) is 17.6. The quantitative estimate of drug-likeness (QED) is 0.424. The zero-order chi connectivity index (χ0) is 21.2. The van der Waals surface area contributed by atoms with Gasteiger partial charge in [-0.2, -0.15) is 0 Å². The van der Waals surface area contributed by atoms with E-state index in [2.05, 4.69) is 4.98 Å². The van der Waals surface area contributed by atoms with E-state index in [1.54, 1.807) is 22.3 Å². The molecule has 5 rings (SSSR count). The molecule has 3 heterocycles. The summed E-state index contributed by atoms with van der Waals surface area (Å²) in [7, 11) is 0. The van der Waals surface area contributed by atoms with Crippen LogP contribution in [-0.4, -0.2) is 30.0 Å². The number of hydrogen-bond acceptors (Lipinski definition) is 5. The van der Waals surface area contributed by atoms with Gasteiger partial charge >= 0.3 is 5.97 Å². The molecule has 2 aromatic heterocycles. The van der Waals surface area contributed by atoms with E-state index >= 15 is 0 Å². The molecule has 0 bridgehead atoms. The molecule has 0 spiro atoms. The number of carbonyl (C=O) groups is 2. The summed E-state index contributed by atoms with van der Waals surface area (Å²) in [5.41, 5.74) is 3.91. The van der Waals surface area contributed by atoms with Gasteiger partial charge in [-0.05, 0) is 48.1 Å². The van der Waals surface area contributed by atoms with Crippen LogP contribution in [0.1, 0.15) is 22.3 Å². The third-order valence-electron chi connectivity index (χ3n) is 5.45. The lowest BCUT2D eigenvalue weighted by atomic mass is 10.0. The molecule has 0 atom stereocenters. The van der Waals surface area contributed by atoms with Crippen molar-refractivity contribution in [1.29, 1.82) is 0 Å².